The Kier molecular flexibility index (Phi) is 4.68. The minimum Gasteiger partial charge on any atom is -0.446 e. The number of fused-ring (bicyclic) bond motifs is 1. The maximum atomic E-state index is 13.5. The molecule has 0 saturated heterocycles. The van der Waals surface area contributed by atoms with Gasteiger partial charge in [-0.05, 0) is 31.5 Å². The Labute approximate surface area is 164 Å². The molecule has 6 nitrogen and oxygen atoms in total. The van der Waals surface area contributed by atoms with Crippen molar-refractivity contribution >= 4 is 5.91 Å². The zero-order chi connectivity index (χ0) is 20.9. The van der Waals surface area contributed by atoms with E-state index in [9.17, 15) is 18.0 Å². The predicted octanol–water partition coefficient (Wildman–Crippen LogP) is 4.05. The molecule has 4 rings (SSSR count). The SMILES string of the molecule is Cc1nc(-c2onc3c2[C@H](C)N(C(=O)Cc2cc(F)c(F)c(F)c2)CC3)c(C)o1. The highest BCUT2D eigenvalue weighted by molar-refractivity contribution is 5.80. The van der Waals surface area contributed by atoms with E-state index in [1.165, 1.54) is 0 Å². The standard InChI is InChI=1S/C20H18F3N3O3/c1-9-17-15(25-29-20(17)19-10(2)28-11(3)24-19)4-5-26(9)16(27)8-12-6-13(21)18(23)14(22)7-12/h6-7,9H,4-5,8H2,1-3H3/t9-/m0/s1. The fourth-order valence-corrected chi connectivity index (χ4v) is 3.75. The lowest BCUT2D eigenvalue weighted by atomic mass is 9.95. The van der Waals surface area contributed by atoms with Crippen molar-refractivity contribution in [1.29, 1.82) is 0 Å². The lowest BCUT2D eigenvalue weighted by Crippen LogP contribution is -2.39. The van der Waals surface area contributed by atoms with Crippen LogP contribution in [0.5, 0.6) is 0 Å². The van der Waals surface area contributed by atoms with Crippen molar-refractivity contribution < 1.29 is 26.9 Å². The van der Waals surface area contributed by atoms with E-state index >= 15 is 0 Å². The minimum atomic E-state index is -1.55. The fraction of sp³-hybridized carbons (Fsp3) is 0.350. The first-order valence-electron chi connectivity index (χ1n) is 9.12. The Morgan fingerprint density at radius 3 is 2.55 bits per heavy atom. The summed E-state index contributed by atoms with van der Waals surface area (Å²) < 4.78 is 51.1. The monoisotopic (exact) mass is 405 g/mol. The molecule has 0 bridgehead atoms. The summed E-state index contributed by atoms with van der Waals surface area (Å²) in [4.78, 5) is 18.8. The number of hydrogen-bond donors (Lipinski definition) is 0. The number of amides is 1. The molecule has 9 heteroatoms. The Morgan fingerprint density at radius 2 is 1.93 bits per heavy atom. The van der Waals surface area contributed by atoms with E-state index < -0.39 is 17.5 Å². The summed E-state index contributed by atoms with van der Waals surface area (Å²) in [6.07, 6.45) is 0.216. The molecule has 0 radical (unpaired) electrons. The number of carbonyl (C=O) groups excluding carboxylic acids is 1. The molecule has 1 aromatic carbocycles. The van der Waals surface area contributed by atoms with E-state index in [4.69, 9.17) is 8.94 Å². The van der Waals surface area contributed by atoms with Crippen LogP contribution in [0.15, 0.2) is 21.1 Å². The molecule has 152 valence electrons. The second-order valence-corrected chi connectivity index (χ2v) is 7.07. The normalized spacial score (nSPS) is 16.2. The van der Waals surface area contributed by atoms with Gasteiger partial charge in [-0.2, -0.15) is 0 Å². The number of aromatic nitrogens is 2. The minimum absolute atomic E-state index is 0.0675. The van der Waals surface area contributed by atoms with Gasteiger partial charge in [0.2, 0.25) is 5.91 Å². The first-order chi connectivity index (χ1) is 13.8. The van der Waals surface area contributed by atoms with Crippen LogP contribution in [0, 0.1) is 31.3 Å². The molecule has 29 heavy (non-hydrogen) atoms. The van der Waals surface area contributed by atoms with Gasteiger partial charge in [0.15, 0.2) is 34.8 Å². The third kappa shape index (κ3) is 3.30. The molecule has 3 heterocycles. The molecule has 0 spiro atoms. The van der Waals surface area contributed by atoms with Gasteiger partial charge in [0.1, 0.15) is 5.76 Å². The quantitative estimate of drug-likeness (QED) is 0.615. The molecule has 3 aromatic rings. The third-order valence-electron chi connectivity index (χ3n) is 5.12. The van der Waals surface area contributed by atoms with E-state index in [2.05, 4.69) is 10.1 Å². The van der Waals surface area contributed by atoms with Crippen molar-refractivity contribution in [3.8, 4) is 11.5 Å². The third-order valence-corrected chi connectivity index (χ3v) is 5.12. The van der Waals surface area contributed by atoms with Crippen LogP contribution in [0.1, 0.15) is 41.4 Å². The van der Waals surface area contributed by atoms with Gasteiger partial charge in [0.25, 0.3) is 0 Å². The molecule has 0 aliphatic carbocycles. The number of halogens is 3. The van der Waals surface area contributed by atoms with Crippen LogP contribution in [0.4, 0.5) is 13.2 Å². The number of hydrogen-bond acceptors (Lipinski definition) is 5. The molecular weight excluding hydrogens is 387 g/mol. The number of rotatable bonds is 3. The molecule has 2 aromatic heterocycles. The van der Waals surface area contributed by atoms with Crippen molar-refractivity contribution in [2.75, 3.05) is 6.54 Å². The molecule has 1 aliphatic rings. The van der Waals surface area contributed by atoms with Crippen molar-refractivity contribution in [2.24, 2.45) is 0 Å². The highest BCUT2D eigenvalue weighted by Crippen LogP contribution is 2.38. The first-order valence-corrected chi connectivity index (χ1v) is 9.12. The highest BCUT2D eigenvalue weighted by atomic mass is 19.2. The van der Waals surface area contributed by atoms with E-state index in [0.717, 1.165) is 23.4 Å². The highest BCUT2D eigenvalue weighted by Gasteiger charge is 2.35. The average molecular weight is 405 g/mol. The number of nitrogens with zero attached hydrogens (tertiary/aromatic N) is 3. The van der Waals surface area contributed by atoms with E-state index in [0.29, 0.717) is 36.1 Å². The van der Waals surface area contributed by atoms with Crippen molar-refractivity contribution in [2.45, 2.75) is 39.7 Å². The van der Waals surface area contributed by atoms with Gasteiger partial charge >= 0.3 is 0 Å². The second kappa shape index (κ2) is 7.06. The second-order valence-electron chi connectivity index (χ2n) is 7.07. The molecule has 1 amide bonds. The van der Waals surface area contributed by atoms with Crippen molar-refractivity contribution in [3.05, 3.63) is 58.1 Å². The molecule has 0 N–H and O–H groups in total. The largest absolute Gasteiger partial charge is 0.446 e. The van der Waals surface area contributed by atoms with Gasteiger partial charge in [-0.25, -0.2) is 18.2 Å². The van der Waals surface area contributed by atoms with Crippen LogP contribution in [-0.2, 0) is 17.6 Å². The fourth-order valence-electron chi connectivity index (χ4n) is 3.75. The van der Waals surface area contributed by atoms with Crippen molar-refractivity contribution in [1.82, 2.24) is 15.0 Å². The Balaban J connectivity index is 1.62. The van der Waals surface area contributed by atoms with Crippen LogP contribution in [-0.4, -0.2) is 27.5 Å². The van der Waals surface area contributed by atoms with Crippen LogP contribution >= 0.6 is 0 Å². The maximum Gasteiger partial charge on any atom is 0.227 e. The van der Waals surface area contributed by atoms with Crippen molar-refractivity contribution in [3.63, 3.8) is 0 Å². The molecule has 0 unspecified atom stereocenters. The van der Waals surface area contributed by atoms with Gasteiger partial charge in [-0.15, -0.1) is 0 Å². The number of oxazole rings is 1. The zero-order valence-electron chi connectivity index (χ0n) is 16.1. The van der Waals surface area contributed by atoms with Crippen LogP contribution in [0.2, 0.25) is 0 Å². The van der Waals surface area contributed by atoms with E-state index in [1.54, 1.807) is 18.7 Å². The molecule has 0 saturated carbocycles. The van der Waals surface area contributed by atoms with Gasteiger partial charge in [-0.1, -0.05) is 5.16 Å². The Hall–Kier alpha value is -3.10. The summed E-state index contributed by atoms with van der Waals surface area (Å²) >= 11 is 0. The molecular formula is C20H18F3N3O3. The first kappa shape index (κ1) is 19.2. The summed E-state index contributed by atoms with van der Waals surface area (Å²) in [5, 5.41) is 4.11. The van der Waals surface area contributed by atoms with Gasteiger partial charge in [0, 0.05) is 25.5 Å². The van der Waals surface area contributed by atoms with Gasteiger partial charge in [-0.3, -0.25) is 4.79 Å². The van der Waals surface area contributed by atoms with Crippen LogP contribution in [0.3, 0.4) is 0 Å². The van der Waals surface area contributed by atoms with Crippen LogP contribution < -0.4 is 0 Å². The summed E-state index contributed by atoms with van der Waals surface area (Å²) in [7, 11) is 0. The van der Waals surface area contributed by atoms with E-state index in [-0.39, 0.29) is 23.9 Å². The average Bonchev–Trinajstić information content (AvgIpc) is 3.22. The lowest BCUT2D eigenvalue weighted by molar-refractivity contribution is -0.133. The molecule has 1 atom stereocenters. The number of benzene rings is 1. The topological polar surface area (TPSA) is 72.4 Å². The number of aryl methyl sites for hydroxylation is 2. The van der Waals surface area contributed by atoms with Gasteiger partial charge < -0.3 is 13.8 Å². The summed E-state index contributed by atoms with van der Waals surface area (Å²) in [5.74, 6) is -3.02. The lowest BCUT2D eigenvalue weighted by Gasteiger charge is -2.33. The molecule has 1 aliphatic heterocycles. The van der Waals surface area contributed by atoms with E-state index in [1.807, 2.05) is 6.92 Å². The summed E-state index contributed by atoms with van der Waals surface area (Å²) in [6.45, 7) is 5.68. The predicted molar refractivity (Wildman–Crippen MR) is 95.3 cm³/mol. The Morgan fingerprint density at radius 1 is 1.24 bits per heavy atom. The van der Waals surface area contributed by atoms with Crippen LogP contribution in [0.25, 0.3) is 11.5 Å². The molecule has 0 fully saturated rings. The van der Waals surface area contributed by atoms with Gasteiger partial charge in [0.05, 0.1) is 18.2 Å². The summed E-state index contributed by atoms with van der Waals surface area (Å²) in [5.41, 5.74) is 2.06. The Bertz CT molecular complexity index is 1080. The number of carbonyl (C=O) groups is 1. The summed E-state index contributed by atoms with van der Waals surface area (Å²) in [6, 6.07) is 1.28. The zero-order valence-corrected chi connectivity index (χ0v) is 16.1. The maximum absolute atomic E-state index is 13.5. The smallest absolute Gasteiger partial charge is 0.227 e.